The van der Waals surface area contributed by atoms with Gasteiger partial charge >= 0.3 is 5.97 Å². The average molecular weight is 262 g/mol. The molecule has 2 rings (SSSR count). The largest absolute Gasteiger partial charge is 0.464 e. The van der Waals surface area contributed by atoms with Gasteiger partial charge in [-0.05, 0) is 26.0 Å². The fourth-order valence-corrected chi connectivity index (χ4v) is 1.48. The Bertz CT molecular complexity index is 565. The van der Waals surface area contributed by atoms with E-state index in [1.807, 2.05) is 13.8 Å². The Balaban J connectivity index is 2.05. The Morgan fingerprint density at radius 2 is 2.21 bits per heavy atom. The lowest BCUT2D eigenvalue weighted by Gasteiger charge is -2.10. The maximum absolute atomic E-state index is 11.2. The molecule has 0 aliphatic heterocycles. The normalized spacial score (nSPS) is 11.9. The van der Waals surface area contributed by atoms with Crippen LogP contribution >= 0.6 is 0 Å². The zero-order valence-corrected chi connectivity index (χ0v) is 10.9. The van der Waals surface area contributed by atoms with Gasteiger partial charge in [-0.3, -0.25) is 0 Å². The SMILES string of the molecule is COC(=O)c1ccc(NC(C)c2ncc(C)o2)nn1. The summed E-state index contributed by atoms with van der Waals surface area (Å²) in [5.41, 5.74) is 0.160. The smallest absolute Gasteiger partial charge is 0.358 e. The lowest BCUT2D eigenvalue weighted by atomic mass is 10.3. The van der Waals surface area contributed by atoms with Crippen LogP contribution in [-0.4, -0.2) is 28.3 Å². The molecule has 100 valence electrons. The van der Waals surface area contributed by atoms with Crippen molar-refractivity contribution in [3.05, 3.63) is 35.7 Å². The molecule has 2 aromatic heterocycles. The maximum Gasteiger partial charge on any atom is 0.358 e. The lowest BCUT2D eigenvalue weighted by molar-refractivity contribution is 0.0593. The summed E-state index contributed by atoms with van der Waals surface area (Å²) in [6.07, 6.45) is 1.65. The van der Waals surface area contributed by atoms with Crippen molar-refractivity contribution in [3.8, 4) is 0 Å². The lowest BCUT2D eigenvalue weighted by Crippen LogP contribution is -2.11. The summed E-state index contributed by atoms with van der Waals surface area (Å²) in [4.78, 5) is 15.3. The third kappa shape index (κ3) is 3.06. The highest BCUT2D eigenvalue weighted by Gasteiger charge is 2.13. The Kier molecular flexibility index (Phi) is 3.74. The second-order valence-corrected chi connectivity index (χ2v) is 3.97. The molecule has 19 heavy (non-hydrogen) atoms. The molecule has 1 N–H and O–H groups in total. The Labute approximate surface area is 110 Å². The monoisotopic (exact) mass is 262 g/mol. The first-order chi connectivity index (χ1) is 9.10. The molecule has 2 heterocycles. The molecule has 0 saturated carbocycles. The standard InChI is InChI=1S/C12H14N4O3/c1-7-6-13-11(19-7)8(2)14-10-5-4-9(15-16-10)12(17)18-3/h4-6,8H,1-3H3,(H,14,16). The van der Waals surface area contributed by atoms with Crippen LogP contribution in [0.1, 0.15) is 35.1 Å². The third-order valence-corrected chi connectivity index (χ3v) is 2.43. The number of aromatic nitrogens is 3. The Morgan fingerprint density at radius 1 is 1.42 bits per heavy atom. The van der Waals surface area contributed by atoms with E-state index in [1.54, 1.807) is 12.3 Å². The van der Waals surface area contributed by atoms with E-state index in [0.29, 0.717) is 11.7 Å². The van der Waals surface area contributed by atoms with E-state index in [4.69, 9.17) is 4.42 Å². The molecule has 0 aliphatic carbocycles. The molecule has 0 saturated heterocycles. The van der Waals surface area contributed by atoms with Crippen LogP contribution in [0.15, 0.2) is 22.7 Å². The summed E-state index contributed by atoms with van der Waals surface area (Å²) in [7, 11) is 1.29. The molecule has 0 fully saturated rings. The molecular formula is C12H14N4O3. The number of nitrogens with zero attached hydrogens (tertiary/aromatic N) is 3. The van der Waals surface area contributed by atoms with E-state index in [-0.39, 0.29) is 11.7 Å². The molecule has 0 bridgehead atoms. The van der Waals surface area contributed by atoms with Crippen LogP contribution in [0.4, 0.5) is 5.82 Å². The van der Waals surface area contributed by atoms with E-state index < -0.39 is 5.97 Å². The highest BCUT2D eigenvalue weighted by molar-refractivity contribution is 5.86. The van der Waals surface area contributed by atoms with Gasteiger partial charge in [0.15, 0.2) is 5.69 Å². The van der Waals surface area contributed by atoms with E-state index >= 15 is 0 Å². The van der Waals surface area contributed by atoms with Crippen LogP contribution in [0.25, 0.3) is 0 Å². The number of carbonyl (C=O) groups excluding carboxylic acids is 1. The number of carbonyl (C=O) groups is 1. The number of aryl methyl sites for hydroxylation is 1. The first-order valence-electron chi connectivity index (χ1n) is 5.71. The second-order valence-electron chi connectivity index (χ2n) is 3.97. The van der Waals surface area contributed by atoms with Gasteiger partial charge in [0.05, 0.1) is 13.3 Å². The van der Waals surface area contributed by atoms with Crippen molar-refractivity contribution in [2.24, 2.45) is 0 Å². The van der Waals surface area contributed by atoms with Crippen molar-refractivity contribution < 1.29 is 13.9 Å². The molecule has 0 amide bonds. The minimum Gasteiger partial charge on any atom is -0.464 e. The number of rotatable bonds is 4. The van der Waals surface area contributed by atoms with Crippen LogP contribution in [-0.2, 0) is 4.74 Å². The summed E-state index contributed by atoms with van der Waals surface area (Å²) in [6, 6.07) is 3.03. The van der Waals surface area contributed by atoms with Gasteiger partial charge in [0.1, 0.15) is 17.6 Å². The van der Waals surface area contributed by atoms with Crippen LogP contribution in [0.5, 0.6) is 0 Å². The topological polar surface area (TPSA) is 90.1 Å². The number of esters is 1. The predicted octanol–water partition coefficient (Wildman–Crippen LogP) is 1.73. The minimum atomic E-state index is -0.518. The Hall–Kier alpha value is -2.44. The van der Waals surface area contributed by atoms with E-state index in [9.17, 15) is 4.79 Å². The maximum atomic E-state index is 11.2. The van der Waals surface area contributed by atoms with Crippen molar-refractivity contribution in [2.45, 2.75) is 19.9 Å². The molecule has 1 unspecified atom stereocenters. The second kappa shape index (κ2) is 5.47. The fraction of sp³-hybridized carbons (Fsp3) is 0.333. The molecule has 0 radical (unpaired) electrons. The number of nitrogens with one attached hydrogen (secondary N) is 1. The fourth-order valence-electron chi connectivity index (χ4n) is 1.48. The van der Waals surface area contributed by atoms with Crippen molar-refractivity contribution in [1.29, 1.82) is 0 Å². The molecular weight excluding hydrogens is 248 g/mol. The zero-order valence-electron chi connectivity index (χ0n) is 10.9. The number of anilines is 1. The summed E-state index contributed by atoms with van der Waals surface area (Å²) >= 11 is 0. The summed E-state index contributed by atoms with van der Waals surface area (Å²) in [5.74, 6) is 1.32. The highest BCUT2D eigenvalue weighted by Crippen LogP contribution is 2.17. The zero-order chi connectivity index (χ0) is 13.8. The van der Waals surface area contributed by atoms with Crippen molar-refractivity contribution in [3.63, 3.8) is 0 Å². The minimum absolute atomic E-state index is 0.146. The van der Waals surface area contributed by atoms with E-state index in [1.165, 1.54) is 13.2 Å². The van der Waals surface area contributed by atoms with Gasteiger partial charge in [0.2, 0.25) is 5.89 Å². The van der Waals surface area contributed by atoms with E-state index in [0.717, 1.165) is 5.76 Å². The van der Waals surface area contributed by atoms with Crippen LogP contribution in [0, 0.1) is 6.92 Å². The van der Waals surface area contributed by atoms with Gasteiger partial charge in [-0.1, -0.05) is 0 Å². The molecule has 0 aromatic carbocycles. The van der Waals surface area contributed by atoms with E-state index in [2.05, 4.69) is 25.2 Å². The van der Waals surface area contributed by atoms with Gasteiger partial charge in [0, 0.05) is 0 Å². The van der Waals surface area contributed by atoms with Crippen molar-refractivity contribution in [2.75, 3.05) is 12.4 Å². The van der Waals surface area contributed by atoms with Crippen LogP contribution in [0.2, 0.25) is 0 Å². The van der Waals surface area contributed by atoms with Crippen LogP contribution < -0.4 is 5.32 Å². The first kappa shape index (κ1) is 13.0. The molecule has 0 spiro atoms. The summed E-state index contributed by atoms with van der Waals surface area (Å²) in [5, 5.41) is 10.7. The number of hydrogen-bond donors (Lipinski definition) is 1. The van der Waals surface area contributed by atoms with Crippen molar-refractivity contribution >= 4 is 11.8 Å². The number of ether oxygens (including phenoxy) is 1. The number of methoxy groups -OCH3 is 1. The van der Waals surface area contributed by atoms with Gasteiger partial charge in [-0.25, -0.2) is 9.78 Å². The van der Waals surface area contributed by atoms with Crippen LogP contribution in [0.3, 0.4) is 0 Å². The highest BCUT2D eigenvalue weighted by atomic mass is 16.5. The summed E-state index contributed by atoms with van der Waals surface area (Å²) in [6.45, 7) is 3.72. The van der Waals surface area contributed by atoms with Gasteiger partial charge in [-0.2, -0.15) is 0 Å². The third-order valence-electron chi connectivity index (χ3n) is 2.43. The van der Waals surface area contributed by atoms with Gasteiger partial charge in [0.25, 0.3) is 0 Å². The molecule has 7 nitrogen and oxygen atoms in total. The predicted molar refractivity (Wildman–Crippen MR) is 66.6 cm³/mol. The first-order valence-corrected chi connectivity index (χ1v) is 5.71. The quantitative estimate of drug-likeness (QED) is 0.839. The average Bonchev–Trinajstić information content (AvgIpc) is 2.85. The van der Waals surface area contributed by atoms with Gasteiger partial charge < -0.3 is 14.5 Å². The van der Waals surface area contributed by atoms with Crippen molar-refractivity contribution in [1.82, 2.24) is 15.2 Å². The number of hydrogen-bond acceptors (Lipinski definition) is 7. The molecule has 7 heteroatoms. The molecule has 2 aromatic rings. The molecule has 0 aliphatic rings. The Morgan fingerprint density at radius 3 is 2.74 bits per heavy atom. The summed E-state index contributed by atoms with van der Waals surface area (Å²) < 4.78 is 9.94. The van der Waals surface area contributed by atoms with Gasteiger partial charge in [-0.15, -0.1) is 10.2 Å². The number of oxazole rings is 1. The molecule has 1 atom stereocenters.